The lowest BCUT2D eigenvalue weighted by Crippen LogP contribution is -2.30. The van der Waals surface area contributed by atoms with E-state index < -0.39 is 0 Å². The highest BCUT2D eigenvalue weighted by Crippen LogP contribution is 2.29. The first kappa shape index (κ1) is 13.9. The zero-order chi connectivity index (χ0) is 15.8. The zero-order valence-corrected chi connectivity index (χ0v) is 12.8. The Bertz CT molecular complexity index is 859. The first-order chi connectivity index (χ1) is 11.2. The summed E-state index contributed by atoms with van der Waals surface area (Å²) in [4.78, 5) is 11.1. The number of benzene rings is 1. The lowest BCUT2D eigenvalue weighted by atomic mass is 10.1. The number of halogens is 1. The van der Waals surface area contributed by atoms with Gasteiger partial charge in [-0.05, 0) is 36.8 Å². The third-order valence-electron chi connectivity index (χ3n) is 4.11. The number of pyridine rings is 1. The van der Waals surface area contributed by atoms with Crippen LogP contribution >= 0.6 is 0 Å². The SMILES string of the molecule is Cc1cccnc1-c1nc2c(o1)CCN(c1cccc(F)c1)C2. The molecule has 0 amide bonds. The second-order valence-electron chi connectivity index (χ2n) is 5.71. The van der Waals surface area contributed by atoms with Crippen molar-refractivity contribution in [3.05, 3.63) is 65.4 Å². The molecule has 23 heavy (non-hydrogen) atoms. The largest absolute Gasteiger partial charge is 0.439 e. The molecule has 3 heterocycles. The molecule has 2 aromatic heterocycles. The number of oxazole rings is 1. The highest BCUT2D eigenvalue weighted by molar-refractivity contribution is 5.54. The van der Waals surface area contributed by atoms with Crippen molar-refractivity contribution in [3.63, 3.8) is 0 Å². The Morgan fingerprint density at radius 1 is 1.22 bits per heavy atom. The maximum atomic E-state index is 13.4. The van der Waals surface area contributed by atoms with Crippen LogP contribution in [0.5, 0.6) is 0 Å². The second-order valence-corrected chi connectivity index (χ2v) is 5.71. The highest BCUT2D eigenvalue weighted by Gasteiger charge is 2.24. The van der Waals surface area contributed by atoms with Crippen molar-refractivity contribution in [2.45, 2.75) is 19.9 Å². The summed E-state index contributed by atoms with van der Waals surface area (Å²) >= 11 is 0. The Morgan fingerprint density at radius 3 is 2.96 bits per heavy atom. The maximum absolute atomic E-state index is 13.4. The molecule has 0 spiro atoms. The Kier molecular flexibility index (Phi) is 3.33. The van der Waals surface area contributed by atoms with Crippen LogP contribution in [0.3, 0.4) is 0 Å². The summed E-state index contributed by atoms with van der Waals surface area (Å²) in [5.41, 5.74) is 3.59. The summed E-state index contributed by atoms with van der Waals surface area (Å²) in [5, 5.41) is 0. The summed E-state index contributed by atoms with van der Waals surface area (Å²) in [6.07, 6.45) is 2.50. The summed E-state index contributed by atoms with van der Waals surface area (Å²) in [7, 11) is 0. The van der Waals surface area contributed by atoms with Crippen molar-refractivity contribution in [1.29, 1.82) is 0 Å². The fourth-order valence-electron chi connectivity index (χ4n) is 2.90. The molecule has 0 atom stereocenters. The maximum Gasteiger partial charge on any atom is 0.245 e. The van der Waals surface area contributed by atoms with E-state index in [4.69, 9.17) is 4.42 Å². The number of hydrogen-bond donors (Lipinski definition) is 0. The van der Waals surface area contributed by atoms with Gasteiger partial charge in [0.05, 0.1) is 6.54 Å². The van der Waals surface area contributed by atoms with Crippen LogP contribution in [0.25, 0.3) is 11.6 Å². The molecule has 0 bridgehead atoms. The van der Waals surface area contributed by atoms with Gasteiger partial charge in [0.1, 0.15) is 23.0 Å². The minimum Gasteiger partial charge on any atom is -0.439 e. The Hall–Kier alpha value is -2.69. The second kappa shape index (κ2) is 5.50. The van der Waals surface area contributed by atoms with E-state index in [0.717, 1.165) is 41.4 Å². The van der Waals surface area contributed by atoms with Gasteiger partial charge in [0.25, 0.3) is 0 Å². The molecule has 4 rings (SSSR count). The Labute approximate surface area is 133 Å². The van der Waals surface area contributed by atoms with Crippen molar-refractivity contribution in [3.8, 4) is 11.6 Å². The minimum atomic E-state index is -0.224. The molecule has 1 aromatic carbocycles. The third-order valence-corrected chi connectivity index (χ3v) is 4.11. The Balaban J connectivity index is 1.65. The van der Waals surface area contributed by atoms with Gasteiger partial charge in [-0.1, -0.05) is 12.1 Å². The van der Waals surface area contributed by atoms with Gasteiger partial charge in [-0.25, -0.2) is 9.37 Å². The van der Waals surface area contributed by atoms with Crippen LogP contribution in [0.1, 0.15) is 17.0 Å². The van der Waals surface area contributed by atoms with Gasteiger partial charge in [-0.2, -0.15) is 0 Å². The Morgan fingerprint density at radius 2 is 2.13 bits per heavy atom. The number of aryl methyl sites for hydroxylation is 1. The predicted molar refractivity (Wildman–Crippen MR) is 85.6 cm³/mol. The summed E-state index contributed by atoms with van der Waals surface area (Å²) in [6.45, 7) is 3.39. The van der Waals surface area contributed by atoms with Gasteiger partial charge in [-0.15, -0.1) is 0 Å². The van der Waals surface area contributed by atoms with Crippen molar-refractivity contribution >= 4 is 5.69 Å². The minimum absolute atomic E-state index is 0.224. The smallest absolute Gasteiger partial charge is 0.245 e. The molecule has 1 aliphatic rings. The number of nitrogens with zero attached hydrogens (tertiary/aromatic N) is 3. The molecule has 0 saturated heterocycles. The average molecular weight is 309 g/mol. The monoisotopic (exact) mass is 309 g/mol. The van der Waals surface area contributed by atoms with E-state index in [1.54, 1.807) is 18.3 Å². The number of aromatic nitrogens is 2. The molecule has 0 radical (unpaired) electrons. The van der Waals surface area contributed by atoms with E-state index >= 15 is 0 Å². The molecule has 1 aliphatic heterocycles. The van der Waals surface area contributed by atoms with Gasteiger partial charge in [0.2, 0.25) is 5.89 Å². The molecule has 0 aliphatic carbocycles. The third kappa shape index (κ3) is 2.59. The van der Waals surface area contributed by atoms with E-state index in [2.05, 4.69) is 14.9 Å². The van der Waals surface area contributed by atoms with Crippen molar-refractivity contribution < 1.29 is 8.81 Å². The lowest BCUT2D eigenvalue weighted by Gasteiger charge is -2.27. The van der Waals surface area contributed by atoms with E-state index in [-0.39, 0.29) is 5.82 Å². The van der Waals surface area contributed by atoms with Gasteiger partial charge >= 0.3 is 0 Å². The van der Waals surface area contributed by atoms with Gasteiger partial charge in [0.15, 0.2) is 0 Å². The molecule has 3 aromatic rings. The van der Waals surface area contributed by atoms with Crippen LogP contribution in [-0.2, 0) is 13.0 Å². The van der Waals surface area contributed by atoms with Crippen LogP contribution in [-0.4, -0.2) is 16.5 Å². The summed E-state index contributed by atoms with van der Waals surface area (Å²) in [6, 6.07) is 10.5. The molecular weight excluding hydrogens is 293 g/mol. The molecule has 0 saturated carbocycles. The van der Waals surface area contributed by atoms with Crippen LogP contribution in [0.2, 0.25) is 0 Å². The summed E-state index contributed by atoms with van der Waals surface area (Å²) < 4.78 is 19.3. The van der Waals surface area contributed by atoms with E-state index in [1.807, 2.05) is 25.1 Å². The first-order valence-corrected chi connectivity index (χ1v) is 7.62. The molecule has 4 nitrogen and oxygen atoms in total. The standard InChI is InChI=1S/C18H16FN3O/c1-12-4-3-8-20-17(12)18-21-15-11-22(9-7-16(15)23-18)14-6-2-5-13(19)10-14/h2-6,8,10H,7,9,11H2,1H3. The lowest BCUT2D eigenvalue weighted by molar-refractivity contribution is 0.497. The zero-order valence-electron chi connectivity index (χ0n) is 12.8. The fraction of sp³-hybridized carbons (Fsp3) is 0.222. The molecule has 0 N–H and O–H groups in total. The number of anilines is 1. The quantitative estimate of drug-likeness (QED) is 0.723. The number of hydrogen-bond acceptors (Lipinski definition) is 4. The van der Waals surface area contributed by atoms with Crippen LogP contribution in [0, 0.1) is 12.7 Å². The average Bonchev–Trinajstić information content (AvgIpc) is 2.98. The van der Waals surface area contributed by atoms with Crippen molar-refractivity contribution in [2.24, 2.45) is 0 Å². The van der Waals surface area contributed by atoms with E-state index in [0.29, 0.717) is 12.4 Å². The van der Waals surface area contributed by atoms with Crippen LogP contribution in [0.15, 0.2) is 47.0 Å². The van der Waals surface area contributed by atoms with Gasteiger partial charge in [-0.3, -0.25) is 4.98 Å². The molecule has 0 unspecified atom stereocenters. The van der Waals surface area contributed by atoms with E-state index in [9.17, 15) is 4.39 Å². The van der Waals surface area contributed by atoms with Crippen LogP contribution < -0.4 is 4.90 Å². The molecule has 116 valence electrons. The summed E-state index contributed by atoms with van der Waals surface area (Å²) in [5.74, 6) is 1.24. The molecule has 0 fully saturated rings. The molecule has 5 heteroatoms. The van der Waals surface area contributed by atoms with Gasteiger partial charge < -0.3 is 9.32 Å². The topological polar surface area (TPSA) is 42.2 Å². The predicted octanol–water partition coefficient (Wildman–Crippen LogP) is 3.75. The van der Waals surface area contributed by atoms with Crippen molar-refractivity contribution in [2.75, 3.05) is 11.4 Å². The number of rotatable bonds is 2. The van der Waals surface area contributed by atoms with Crippen LogP contribution in [0.4, 0.5) is 10.1 Å². The van der Waals surface area contributed by atoms with Crippen molar-refractivity contribution in [1.82, 2.24) is 9.97 Å². The van der Waals surface area contributed by atoms with E-state index in [1.165, 1.54) is 6.07 Å². The molecular formula is C18H16FN3O. The first-order valence-electron chi connectivity index (χ1n) is 7.62. The van der Waals surface area contributed by atoms with Gasteiger partial charge in [0, 0.05) is 24.8 Å². The fourth-order valence-corrected chi connectivity index (χ4v) is 2.90. The normalized spacial score (nSPS) is 13.9. The number of fused-ring (bicyclic) bond motifs is 1. The highest BCUT2D eigenvalue weighted by atomic mass is 19.1.